The van der Waals surface area contributed by atoms with E-state index >= 15 is 0 Å². The Kier molecular flexibility index (Phi) is 3.23. The first-order valence-corrected chi connectivity index (χ1v) is 6.99. The van der Waals surface area contributed by atoms with Gasteiger partial charge in [0, 0.05) is 17.3 Å². The molecule has 0 saturated carbocycles. The number of para-hydroxylation sites is 1. The third-order valence-electron chi connectivity index (χ3n) is 3.29. The summed E-state index contributed by atoms with van der Waals surface area (Å²) in [7, 11) is 0. The Morgan fingerprint density at radius 1 is 1.25 bits per heavy atom. The lowest BCUT2D eigenvalue weighted by Crippen LogP contribution is -2.19. The molecule has 0 saturated heterocycles. The number of carbonyl (C=O) groups is 1. The summed E-state index contributed by atoms with van der Waals surface area (Å²) >= 11 is 3.46. The van der Waals surface area contributed by atoms with Crippen LogP contribution >= 0.6 is 15.9 Å². The van der Waals surface area contributed by atoms with Gasteiger partial charge >= 0.3 is 0 Å². The minimum Gasteiger partial charge on any atom is -0.456 e. The van der Waals surface area contributed by atoms with Crippen LogP contribution in [0.1, 0.15) is 17.2 Å². The lowest BCUT2D eigenvalue weighted by molar-refractivity contribution is -0.116. The quantitative estimate of drug-likeness (QED) is 0.884. The highest BCUT2D eigenvalue weighted by Gasteiger charge is 2.28. The third-order valence-corrected chi connectivity index (χ3v) is 3.91. The maximum Gasteiger partial charge on any atom is 0.245 e. The average molecular weight is 333 g/mol. The molecule has 1 unspecified atom stereocenters. The number of rotatable bonds is 2. The van der Waals surface area contributed by atoms with E-state index < -0.39 is 6.04 Å². The van der Waals surface area contributed by atoms with Gasteiger partial charge in [-0.2, -0.15) is 0 Å². The molecule has 102 valence electrons. The van der Waals surface area contributed by atoms with Crippen molar-refractivity contribution in [2.24, 2.45) is 5.73 Å². The van der Waals surface area contributed by atoms with Crippen LogP contribution in [0, 0.1) is 6.92 Å². The minimum absolute atomic E-state index is 0.194. The number of hydrogen-bond donors (Lipinski definition) is 2. The van der Waals surface area contributed by atoms with E-state index in [0.29, 0.717) is 11.4 Å². The van der Waals surface area contributed by atoms with Crippen LogP contribution in [0.4, 0.5) is 5.69 Å². The number of carbonyl (C=O) groups excluding carboxylic acids is 1. The summed E-state index contributed by atoms with van der Waals surface area (Å²) < 4.78 is 6.67. The summed E-state index contributed by atoms with van der Waals surface area (Å²) in [4.78, 5) is 11.6. The van der Waals surface area contributed by atoms with E-state index in [0.717, 1.165) is 21.3 Å². The van der Waals surface area contributed by atoms with Gasteiger partial charge < -0.3 is 15.8 Å². The van der Waals surface area contributed by atoms with Crippen LogP contribution in [-0.2, 0) is 4.79 Å². The lowest BCUT2D eigenvalue weighted by atomic mass is 10.1. The molecule has 0 aromatic heterocycles. The number of fused-ring (bicyclic) bond motifs is 1. The predicted molar refractivity (Wildman–Crippen MR) is 81.0 cm³/mol. The zero-order valence-corrected chi connectivity index (χ0v) is 12.4. The Labute approximate surface area is 125 Å². The molecule has 2 aromatic carbocycles. The first kappa shape index (κ1) is 13.1. The smallest absolute Gasteiger partial charge is 0.245 e. The van der Waals surface area contributed by atoms with Gasteiger partial charge in [-0.3, -0.25) is 4.79 Å². The first-order valence-electron chi connectivity index (χ1n) is 6.19. The number of amides is 1. The molecule has 4 nitrogen and oxygen atoms in total. The fourth-order valence-electron chi connectivity index (χ4n) is 2.15. The number of hydrogen-bond acceptors (Lipinski definition) is 3. The van der Waals surface area contributed by atoms with Gasteiger partial charge in [0.25, 0.3) is 0 Å². The molecule has 5 heteroatoms. The van der Waals surface area contributed by atoms with Gasteiger partial charge in [0.15, 0.2) is 0 Å². The molecule has 1 heterocycles. The van der Waals surface area contributed by atoms with Gasteiger partial charge in [-0.15, -0.1) is 0 Å². The summed E-state index contributed by atoms with van der Waals surface area (Å²) in [5.41, 5.74) is 8.33. The molecule has 3 N–H and O–H groups in total. The molecule has 0 bridgehead atoms. The van der Waals surface area contributed by atoms with Gasteiger partial charge in [-0.05, 0) is 40.5 Å². The van der Waals surface area contributed by atoms with Crippen molar-refractivity contribution in [3.8, 4) is 11.5 Å². The average Bonchev–Trinajstić information content (AvgIpc) is 2.69. The summed E-state index contributed by atoms with van der Waals surface area (Å²) in [6.07, 6.45) is 0. The van der Waals surface area contributed by atoms with Crippen molar-refractivity contribution in [2.45, 2.75) is 13.0 Å². The number of ether oxygens (including phenoxy) is 1. The topological polar surface area (TPSA) is 64.3 Å². The SMILES string of the molecule is Cc1ccccc1Oc1cc2c(cc1Br)C(N)C(=O)N2. The third kappa shape index (κ3) is 2.19. The number of nitrogens with one attached hydrogen (secondary N) is 1. The molecule has 0 aliphatic carbocycles. The summed E-state index contributed by atoms with van der Waals surface area (Å²) in [5.74, 6) is 1.23. The highest BCUT2D eigenvalue weighted by atomic mass is 79.9. The van der Waals surface area contributed by atoms with Crippen LogP contribution < -0.4 is 15.8 Å². The van der Waals surface area contributed by atoms with Crippen molar-refractivity contribution >= 4 is 27.5 Å². The maximum atomic E-state index is 11.6. The molecule has 0 spiro atoms. The summed E-state index contributed by atoms with van der Waals surface area (Å²) in [5, 5.41) is 2.75. The van der Waals surface area contributed by atoms with E-state index in [1.54, 1.807) is 6.07 Å². The molecule has 20 heavy (non-hydrogen) atoms. The molecule has 1 aliphatic heterocycles. The highest BCUT2D eigenvalue weighted by molar-refractivity contribution is 9.10. The van der Waals surface area contributed by atoms with Crippen LogP contribution in [0.2, 0.25) is 0 Å². The van der Waals surface area contributed by atoms with Crippen LogP contribution in [0.25, 0.3) is 0 Å². The predicted octanol–water partition coefficient (Wildman–Crippen LogP) is 3.50. The largest absolute Gasteiger partial charge is 0.456 e. The van der Waals surface area contributed by atoms with Crippen LogP contribution in [-0.4, -0.2) is 5.91 Å². The normalized spacial score (nSPS) is 16.8. The number of nitrogens with two attached hydrogens (primary N) is 1. The van der Waals surface area contributed by atoms with Gasteiger partial charge in [0.1, 0.15) is 17.5 Å². The molecular weight excluding hydrogens is 320 g/mol. The molecular formula is C15H13BrN2O2. The van der Waals surface area contributed by atoms with E-state index in [9.17, 15) is 4.79 Å². The molecule has 1 amide bonds. The van der Waals surface area contributed by atoms with Gasteiger partial charge in [-0.1, -0.05) is 18.2 Å². The second kappa shape index (κ2) is 4.92. The van der Waals surface area contributed by atoms with Crippen molar-refractivity contribution in [1.82, 2.24) is 0 Å². The van der Waals surface area contributed by atoms with Crippen molar-refractivity contribution in [2.75, 3.05) is 5.32 Å². The van der Waals surface area contributed by atoms with Crippen LogP contribution in [0.3, 0.4) is 0 Å². The molecule has 1 aliphatic rings. The first-order chi connectivity index (χ1) is 9.56. The Bertz CT molecular complexity index is 700. The minimum atomic E-state index is -0.617. The molecule has 2 aromatic rings. The second-order valence-electron chi connectivity index (χ2n) is 4.70. The van der Waals surface area contributed by atoms with Crippen molar-refractivity contribution in [1.29, 1.82) is 0 Å². The van der Waals surface area contributed by atoms with E-state index in [4.69, 9.17) is 10.5 Å². The van der Waals surface area contributed by atoms with Gasteiger partial charge in [-0.25, -0.2) is 0 Å². The van der Waals surface area contributed by atoms with Crippen molar-refractivity contribution in [3.63, 3.8) is 0 Å². The number of benzene rings is 2. The molecule has 3 rings (SSSR count). The summed E-state index contributed by atoms with van der Waals surface area (Å²) in [6.45, 7) is 1.98. The Morgan fingerprint density at radius 3 is 2.75 bits per heavy atom. The zero-order chi connectivity index (χ0) is 14.3. The molecule has 1 atom stereocenters. The monoisotopic (exact) mass is 332 g/mol. The lowest BCUT2D eigenvalue weighted by Gasteiger charge is -2.12. The number of halogens is 1. The maximum absolute atomic E-state index is 11.6. The number of anilines is 1. The fourth-order valence-corrected chi connectivity index (χ4v) is 2.60. The van der Waals surface area contributed by atoms with Crippen LogP contribution in [0.15, 0.2) is 40.9 Å². The van der Waals surface area contributed by atoms with E-state index in [1.807, 2.05) is 37.3 Å². The second-order valence-corrected chi connectivity index (χ2v) is 5.56. The zero-order valence-electron chi connectivity index (χ0n) is 10.8. The standard InChI is InChI=1S/C15H13BrN2O2/c1-8-4-2-3-5-12(8)20-13-7-11-9(6-10(13)16)14(17)15(19)18-11/h2-7,14H,17H2,1H3,(H,18,19). The molecule has 0 fully saturated rings. The van der Waals surface area contributed by atoms with Gasteiger partial charge in [0.2, 0.25) is 5.91 Å². The Balaban J connectivity index is 1.99. The van der Waals surface area contributed by atoms with Crippen LogP contribution in [0.5, 0.6) is 11.5 Å². The Morgan fingerprint density at radius 2 is 2.00 bits per heavy atom. The molecule has 0 radical (unpaired) electrons. The van der Waals surface area contributed by atoms with E-state index in [-0.39, 0.29) is 5.91 Å². The fraction of sp³-hybridized carbons (Fsp3) is 0.133. The van der Waals surface area contributed by atoms with E-state index in [2.05, 4.69) is 21.2 Å². The van der Waals surface area contributed by atoms with Gasteiger partial charge in [0.05, 0.1) is 4.47 Å². The van der Waals surface area contributed by atoms with Crippen molar-refractivity contribution < 1.29 is 9.53 Å². The Hall–Kier alpha value is -1.85. The van der Waals surface area contributed by atoms with Crippen molar-refractivity contribution in [3.05, 3.63) is 52.0 Å². The number of aryl methyl sites for hydroxylation is 1. The summed E-state index contributed by atoms with van der Waals surface area (Å²) in [6, 6.07) is 10.8. The van der Waals surface area contributed by atoms with E-state index in [1.165, 1.54) is 0 Å². The highest BCUT2D eigenvalue weighted by Crippen LogP contribution is 2.39.